The molecule has 0 saturated heterocycles. The number of ether oxygens (including phenoxy) is 2. The Morgan fingerprint density at radius 2 is 2.10 bits per heavy atom. The third-order valence-electron chi connectivity index (χ3n) is 4.87. The van der Waals surface area contributed by atoms with Crippen molar-refractivity contribution in [2.75, 3.05) is 20.8 Å². The van der Waals surface area contributed by atoms with Gasteiger partial charge in [0.25, 0.3) is 5.56 Å². The van der Waals surface area contributed by atoms with Crippen molar-refractivity contribution in [2.45, 2.75) is 13.0 Å². The quantitative estimate of drug-likeness (QED) is 0.446. The molecule has 0 atom stereocenters. The van der Waals surface area contributed by atoms with Gasteiger partial charge >= 0.3 is 5.97 Å². The molecule has 1 N–H and O–H groups in total. The van der Waals surface area contributed by atoms with E-state index in [1.54, 1.807) is 20.3 Å². The summed E-state index contributed by atoms with van der Waals surface area (Å²) in [5, 5.41) is 11.5. The summed E-state index contributed by atoms with van der Waals surface area (Å²) in [5.41, 5.74) is 1.41. The topological polar surface area (TPSA) is 104 Å². The molecular weight excluding hydrogens is 420 g/mol. The van der Waals surface area contributed by atoms with Crippen LogP contribution in [-0.2, 0) is 17.7 Å². The van der Waals surface area contributed by atoms with E-state index in [0.717, 1.165) is 11.1 Å². The first kappa shape index (κ1) is 20.8. The van der Waals surface area contributed by atoms with Gasteiger partial charge in [-0.15, -0.1) is 11.3 Å². The maximum Gasteiger partial charge on any atom is 0.371 e. The van der Waals surface area contributed by atoms with Crippen molar-refractivity contribution in [1.82, 2.24) is 9.55 Å². The number of hydrogen-bond donors (Lipinski definition) is 1. The van der Waals surface area contributed by atoms with E-state index >= 15 is 0 Å². The van der Waals surface area contributed by atoms with Gasteiger partial charge in [-0.25, -0.2) is 9.78 Å². The Bertz CT molecular complexity index is 1300. The molecule has 3 heterocycles. The summed E-state index contributed by atoms with van der Waals surface area (Å²) in [6.45, 7) is 0.464. The number of carbonyl (C=O) groups is 1. The summed E-state index contributed by atoms with van der Waals surface area (Å²) in [5.74, 6) is 0.260. The molecule has 160 valence electrons. The van der Waals surface area contributed by atoms with Gasteiger partial charge in [0.15, 0.2) is 0 Å². The van der Waals surface area contributed by atoms with Gasteiger partial charge in [-0.2, -0.15) is 0 Å². The summed E-state index contributed by atoms with van der Waals surface area (Å²) in [4.78, 5) is 30.1. The second kappa shape index (κ2) is 8.75. The predicted molar refractivity (Wildman–Crippen MR) is 116 cm³/mol. The average Bonchev–Trinajstić information content (AvgIpc) is 3.42. The Balaban J connectivity index is 1.86. The number of carboxylic acids is 1. The van der Waals surface area contributed by atoms with Gasteiger partial charge in [-0.05, 0) is 29.8 Å². The Morgan fingerprint density at radius 3 is 2.81 bits per heavy atom. The van der Waals surface area contributed by atoms with E-state index in [9.17, 15) is 9.59 Å². The third-order valence-corrected chi connectivity index (χ3v) is 5.74. The number of methoxy groups -OCH3 is 2. The van der Waals surface area contributed by atoms with Crippen LogP contribution in [0.2, 0.25) is 0 Å². The van der Waals surface area contributed by atoms with E-state index in [1.807, 2.05) is 29.6 Å². The van der Waals surface area contributed by atoms with Crippen LogP contribution in [0.3, 0.4) is 0 Å². The number of nitrogens with zero attached hydrogens (tertiary/aromatic N) is 2. The second-order valence-electron chi connectivity index (χ2n) is 6.79. The zero-order valence-electron chi connectivity index (χ0n) is 17.0. The fourth-order valence-corrected chi connectivity index (χ4v) is 4.31. The first-order valence-corrected chi connectivity index (χ1v) is 10.4. The van der Waals surface area contributed by atoms with Crippen molar-refractivity contribution in [3.05, 3.63) is 69.5 Å². The summed E-state index contributed by atoms with van der Waals surface area (Å²) in [6, 6.07) is 10.4. The van der Waals surface area contributed by atoms with Crippen LogP contribution < -0.4 is 10.3 Å². The van der Waals surface area contributed by atoms with Crippen molar-refractivity contribution in [2.24, 2.45) is 0 Å². The molecule has 8 nitrogen and oxygen atoms in total. The van der Waals surface area contributed by atoms with Crippen LogP contribution >= 0.6 is 11.3 Å². The normalized spacial score (nSPS) is 11.2. The van der Waals surface area contributed by atoms with Crippen LogP contribution in [0.4, 0.5) is 0 Å². The number of rotatable bonds is 8. The third kappa shape index (κ3) is 4.10. The monoisotopic (exact) mass is 440 g/mol. The van der Waals surface area contributed by atoms with Crippen molar-refractivity contribution in [1.29, 1.82) is 0 Å². The average molecular weight is 440 g/mol. The largest absolute Gasteiger partial charge is 0.497 e. The Kier molecular flexibility index (Phi) is 5.88. The minimum absolute atomic E-state index is 0.0709. The van der Waals surface area contributed by atoms with Crippen LogP contribution in [0, 0.1) is 0 Å². The molecule has 0 aliphatic rings. The number of aromatic carboxylic acids is 1. The standard InChI is InChI=1S/C22H20N2O6S/c1-28-9-8-18-23-20-19(16(12-31-20)13-4-3-5-14(10-13)29-2)21(25)24(18)11-15-6-7-17(30-15)22(26)27/h3-7,10,12H,8-9,11H2,1-2H3,(H,26,27). The molecule has 0 bridgehead atoms. The Labute approximate surface area is 181 Å². The van der Waals surface area contributed by atoms with Crippen LogP contribution in [0.5, 0.6) is 5.75 Å². The fraction of sp³-hybridized carbons (Fsp3) is 0.227. The fourth-order valence-electron chi connectivity index (χ4n) is 3.35. The summed E-state index contributed by atoms with van der Waals surface area (Å²) >= 11 is 1.40. The first-order valence-electron chi connectivity index (χ1n) is 9.48. The molecule has 0 amide bonds. The molecule has 31 heavy (non-hydrogen) atoms. The molecular formula is C22H20N2O6S. The minimum atomic E-state index is -1.16. The highest BCUT2D eigenvalue weighted by atomic mass is 32.1. The zero-order chi connectivity index (χ0) is 22.0. The lowest BCUT2D eigenvalue weighted by Gasteiger charge is -2.12. The number of aromatic nitrogens is 2. The van der Waals surface area contributed by atoms with E-state index < -0.39 is 5.97 Å². The summed E-state index contributed by atoms with van der Waals surface area (Å²) in [6.07, 6.45) is 0.431. The number of carboxylic acid groups (broad SMARTS) is 1. The molecule has 0 fully saturated rings. The van der Waals surface area contributed by atoms with Crippen molar-refractivity contribution in [3.63, 3.8) is 0 Å². The van der Waals surface area contributed by atoms with Gasteiger partial charge in [-0.3, -0.25) is 9.36 Å². The molecule has 3 aromatic heterocycles. The number of furan rings is 1. The van der Waals surface area contributed by atoms with Crippen molar-refractivity contribution in [3.8, 4) is 16.9 Å². The molecule has 0 unspecified atom stereocenters. The van der Waals surface area contributed by atoms with Gasteiger partial charge < -0.3 is 19.0 Å². The summed E-state index contributed by atoms with van der Waals surface area (Å²) in [7, 11) is 3.18. The van der Waals surface area contributed by atoms with Crippen molar-refractivity contribution >= 4 is 27.5 Å². The molecule has 9 heteroatoms. The lowest BCUT2D eigenvalue weighted by Crippen LogP contribution is -2.26. The number of hydrogen-bond acceptors (Lipinski definition) is 7. The van der Waals surface area contributed by atoms with Crippen LogP contribution in [0.25, 0.3) is 21.3 Å². The number of thiophene rings is 1. The lowest BCUT2D eigenvalue weighted by atomic mass is 10.1. The Morgan fingerprint density at radius 1 is 1.26 bits per heavy atom. The predicted octanol–water partition coefficient (Wildman–Crippen LogP) is 3.66. The zero-order valence-corrected chi connectivity index (χ0v) is 17.8. The van der Waals surface area contributed by atoms with Gasteiger partial charge in [0.2, 0.25) is 5.76 Å². The highest BCUT2D eigenvalue weighted by Gasteiger charge is 2.19. The molecule has 0 aliphatic heterocycles. The maximum atomic E-state index is 13.6. The maximum absolute atomic E-state index is 13.6. The number of benzene rings is 1. The van der Waals surface area contributed by atoms with E-state index in [1.165, 1.54) is 22.0 Å². The highest BCUT2D eigenvalue weighted by Crippen LogP contribution is 2.33. The SMILES string of the molecule is COCCc1nc2scc(-c3cccc(OC)c3)c2c(=O)n1Cc1ccc(C(=O)O)o1. The van der Waals surface area contributed by atoms with Crippen molar-refractivity contribution < 1.29 is 23.8 Å². The molecule has 0 saturated carbocycles. The van der Waals surface area contributed by atoms with E-state index in [2.05, 4.69) is 0 Å². The van der Waals surface area contributed by atoms with E-state index in [4.69, 9.17) is 24.0 Å². The van der Waals surface area contributed by atoms with Crippen LogP contribution in [0.15, 0.2) is 51.0 Å². The molecule has 4 rings (SSSR count). The van der Waals surface area contributed by atoms with Gasteiger partial charge in [-0.1, -0.05) is 12.1 Å². The molecule has 1 aromatic carbocycles. The van der Waals surface area contributed by atoms with E-state index in [-0.39, 0.29) is 17.9 Å². The minimum Gasteiger partial charge on any atom is -0.497 e. The van der Waals surface area contributed by atoms with Crippen LogP contribution in [0.1, 0.15) is 22.1 Å². The second-order valence-corrected chi connectivity index (χ2v) is 7.65. The van der Waals surface area contributed by atoms with Gasteiger partial charge in [0.05, 0.1) is 25.6 Å². The molecule has 0 spiro atoms. The highest BCUT2D eigenvalue weighted by molar-refractivity contribution is 7.17. The van der Waals surface area contributed by atoms with E-state index in [0.29, 0.717) is 40.6 Å². The lowest BCUT2D eigenvalue weighted by molar-refractivity contribution is 0.0660. The van der Waals surface area contributed by atoms with Gasteiger partial charge in [0, 0.05) is 24.5 Å². The number of fused-ring (bicyclic) bond motifs is 1. The first-order chi connectivity index (χ1) is 15.0. The van der Waals surface area contributed by atoms with Gasteiger partial charge in [0.1, 0.15) is 22.2 Å². The molecule has 0 radical (unpaired) electrons. The summed E-state index contributed by atoms with van der Waals surface area (Å²) < 4.78 is 17.4. The molecule has 4 aromatic rings. The smallest absolute Gasteiger partial charge is 0.371 e. The Hall–Kier alpha value is -3.43. The van der Waals surface area contributed by atoms with Crippen LogP contribution in [-0.4, -0.2) is 41.5 Å². The molecule has 0 aliphatic carbocycles.